The highest BCUT2D eigenvalue weighted by atomic mass is 17.3. The van der Waals surface area contributed by atoms with Crippen LogP contribution >= 0.6 is 0 Å². The Hall–Kier alpha value is -0.610. The molecule has 0 aliphatic heterocycles. The van der Waals surface area contributed by atoms with Crippen molar-refractivity contribution in [3.63, 3.8) is 0 Å². The van der Waals surface area contributed by atoms with Crippen molar-refractivity contribution in [2.45, 2.75) is 19.8 Å². The van der Waals surface area contributed by atoms with Gasteiger partial charge in [0.1, 0.15) is 0 Å². The van der Waals surface area contributed by atoms with E-state index < -0.39 is 5.97 Å². The molecule has 0 radical (unpaired) electrons. The summed E-state index contributed by atoms with van der Waals surface area (Å²) >= 11 is 0. The molecule has 0 bridgehead atoms. The second kappa shape index (κ2) is 4.55. The van der Waals surface area contributed by atoms with Crippen molar-refractivity contribution in [3.8, 4) is 0 Å². The molecule has 48 valence electrons. The molecule has 0 aromatic rings. The van der Waals surface area contributed by atoms with Crippen LogP contribution < -0.4 is 5.90 Å². The van der Waals surface area contributed by atoms with E-state index in [0.717, 1.165) is 6.42 Å². The van der Waals surface area contributed by atoms with Gasteiger partial charge in [0.15, 0.2) is 0 Å². The van der Waals surface area contributed by atoms with Crippen molar-refractivity contribution in [2.75, 3.05) is 0 Å². The summed E-state index contributed by atoms with van der Waals surface area (Å²) in [6.07, 6.45) is 1.08. The first-order chi connectivity index (χ1) is 3.81. The fourth-order valence-corrected chi connectivity index (χ4v) is 0.299. The van der Waals surface area contributed by atoms with E-state index in [4.69, 9.17) is 0 Å². The highest BCUT2D eigenvalue weighted by Gasteiger charge is 1.98. The van der Waals surface area contributed by atoms with Crippen molar-refractivity contribution in [3.05, 3.63) is 0 Å². The highest BCUT2D eigenvalue weighted by Crippen LogP contribution is 1.88. The molecule has 0 amide bonds. The first kappa shape index (κ1) is 7.39. The number of hydrogen-bond donors (Lipinski definition) is 1. The van der Waals surface area contributed by atoms with Gasteiger partial charge in [-0.05, 0) is 6.42 Å². The van der Waals surface area contributed by atoms with Gasteiger partial charge in [-0.3, -0.25) is 4.89 Å². The summed E-state index contributed by atoms with van der Waals surface area (Å²) in [4.78, 5) is 17.7. The smallest absolute Gasteiger partial charge is 0.280 e. The summed E-state index contributed by atoms with van der Waals surface area (Å²) in [5, 5.41) is 0. The molecule has 0 saturated heterocycles. The Labute approximate surface area is 47.4 Å². The molecule has 0 aliphatic rings. The van der Waals surface area contributed by atoms with Crippen LogP contribution in [0.25, 0.3) is 0 Å². The van der Waals surface area contributed by atoms with Crippen molar-refractivity contribution in [1.82, 2.24) is 0 Å². The normalized spacial score (nSPS) is 8.75. The molecule has 2 N–H and O–H groups in total. The Bertz CT molecular complexity index is 65.7. The first-order valence-electron chi connectivity index (χ1n) is 2.37. The maximum Gasteiger partial charge on any atom is 0.344 e. The minimum atomic E-state index is -0.435. The number of nitrogens with two attached hydrogens (primary N) is 1. The predicted molar refractivity (Wildman–Crippen MR) is 26.3 cm³/mol. The molecule has 0 fully saturated rings. The quantitative estimate of drug-likeness (QED) is 0.424. The van der Waals surface area contributed by atoms with E-state index in [1.807, 2.05) is 6.92 Å². The van der Waals surface area contributed by atoms with E-state index in [1.165, 1.54) is 0 Å². The second-order valence-electron chi connectivity index (χ2n) is 1.30. The van der Waals surface area contributed by atoms with E-state index >= 15 is 0 Å². The van der Waals surface area contributed by atoms with E-state index in [-0.39, 0.29) is 0 Å². The van der Waals surface area contributed by atoms with Gasteiger partial charge in [-0.15, -0.1) is 0 Å². The van der Waals surface area contributed by atoms with Gasteiger partial charge in [0.05, 0.1) is 0 Å². The number of hydrogen-bond acceptors (Lipinski definition) is 4. The molecule has 0 spiro atoms. The van der Waals surface area contributed by atoms with Crippen molar-refractivity contribution >= 4 is 5.97 Å². The van der Waals surface area contributed by atoms with Crippen molar-refractivity contribution in [1.29, 1.82) is 0 Å². The van der Waals surface area contributed by atoms with Crippen LogP contribution in [0.5, 0.6) is 0 Å². The predicted octanol–water partition coefficient (Wildman–Crippen LogP) is 0.135. The fourth-order valence-electron chi connectivity index (χ4n) is 0.299. The van der Waals surface area contributed by atoms with E-state index in [9.17, 15) is 4.79 Å². The summed E-state index contributed by atoms with van der Waals surface area (Å²) in [6, 6.07) is 0. The van der Waals surface area contributed by atoms with Crippen molar-refractivity contribution in [2.24, 2.45) is 5.90 Å². The molecule has 0 rings (SSSR count). The number of rotatable bonds is 3. The van der Waals surface area contributed by atoms with E-state index in [2.05, 4.69) is 15.8 Å². The Morgan fingerprint density at radius 2 is 2.38 bits per heavy atom. The van der Waals surface area contributed by atoms with Crippen LogP contribution in [0.1, 0.15) is 19.8 Å². The Balaban J connectivity index is 3.06. The van der Waals surface area contributed by atoms with Crippen LogP contribution in [0.3, 0.4) is 0 Å². The first-order valence-corrected chi connectivity index (χ1v) is 2.37. The van der Waals surface area contributed by atoms with Crippen LogP contribution in [0.2, 0.25) is 0 Å². The highest BCUT2D eigenvalue weighted by molar-refractivity contribution is 5.68. The zero-order valence-corrected chi connectivity index (χ0v) is 4.72. The molecule has 0 aliphatic carbocycles. The monoisotopic (exact) mass is 119 g/mol. The molecule has 0 atom stereocenters. The topological polar surface area (TPSA) is 61.5 Å². The Morgan fingerprint density at radius 1 is 1.75 bits per heavy atom. The lowest BCUT2D eigenvalue weighted by Crippen LogP contribution is -2.08. The lowest BCUT2D eigenvalue weighted by molar-refractivity contribution is -0.276. The molecule has 0 aromatic carbocycles. The standard InChI is InChI=1S/C4H9NO3/c1-2-3-4(6)7-8-5/h2-3,5H2,1H3. The average Bonchev–Trinajstić information content (AvgIpc) is 1.68. The van der Waals surface area contributed by atoms with Gasteiger partial charge < -0.3 is 0 Å². The SMILES string of the molecule is CCCC(=O)OON. The third-order valence-electron chi connectivity index (χ3n) is 0.595. The lowest BCUT2D eigenvalue weighted by atomic mass is 10.3. The lowest BCUT2D eigenvalue weighted by Gasteiger charge is -1.93. The minimum absolute atomic E-state index is 0.344. The molecule has 0 unspecified atom stereocenters. The molecule has 0 aromatic heterocycles. The van der Waals surface area contributed by atoms with Gasteiger partial charge in [-0.2, -0.15) is 5.90 Å². The third-order valence-corrected chi connectivity index (χ3v) is 0.595. The molecule has 0 heterocycles. The van der Waals surface area contributed by atoms with Crippen LogP contribution in [-0.2, 0) is 14.7 Å². The minimum Gasteiger partial charge on any atom is -0.280 e. The van der Waals surface area contributed by atoms with Crippen LogP contribution in [-0.4, -0.2) is 5.97 Å². The van der Waals surface area contributed by atoms with E-state index in [0.29, 0.717) is 6.42 Å². The molecule has 4 nitrogen and oxygen atoms in total. The summed E-state index contributed by atoms with van der Waals surface area (Å²) < 4.78 is 0. The summed E-state index contributed by atoms with van der Waals surface area (Å²) in [5.74, 6) is 3.98. The maximum atomic E-state index is 10.2. The summed E-state index contributed by atoms with van der Waals surface area (Å²) in [6.45, 7) is 1.86. The zero-order valence-electron chi connectivity index (χ0n) is 4.72. The molecule has 0 saturated carbocycles. The third kappa shape index (κ3) is 3.58. The number of carbonyl (C=O) groups excluding carboxylic acids is 1. The largest absolute Gasteiger partial charge is 0.344 e. The van der Waals surface area contributed by atoms with Gasteiger partial charge in [-0.25, -0.2) is 4.79 Å². The van der Waals surface area contributed by atoms with Gasteiger partial charge in [0, 0.05) is 6.42 Å². The summed E-state index contributed by atoms with van der Waals surface area (Å²) in [5.41, 5.74) is 0. The summed E-state index contributed by atoms with van der Waals surface area (Å²) in [7, 11) is 0. The molecular formula is C4H9NO3. The zero-order chi connectivity index (χ0) is 6.41. The van der Waals surface area contributed by atoms with Crippen LogP contribution in [0.4, 0.5) is 0 Å². The van der Waals surface area contributed by atoms with Gasteiger partial charge in [-0.1, -0.05) is 11.9 Å². The van der Waals surface area contributed by atoms with E-state index in [1.54, 1.807) is 0 Å². The average molecular weight is 119 g/mol. The van der Waals surface area contributed by atoms with Crippen LogP contribution in [0, 0.1) is 0 Å². The van der Waals surface area contributed by atoms with Crippen molar-refractivity contribution < 1.29 is 14.7 Å². The Morgan fingerprint density at radius 3 is 2.75 bits per heavy atom. The molecule has 4 heteroatoms. The molecular weight excluding hydrogens is 110 g/mol. The maximum absolute atomic E-state index is 10.2. The Kier molecular flexibility index (Phi) is 4.20. The van der Waals surface area contributed by atoms with Gasteiger partial charge in [0.2, 0.25) is 0 Å². The fraction of sp³-hybridized carbons (Fsp3) is 0.750. The second-order valence-corrected chi connectivity index (χ2v) is 1.30. The molecule has 8 heavy (non-hydrogen) atoms. The van der Waals surface area contributed by atoms with Gasteiger partial charge in [0.25, 0.3) is 0 Å². The number of carbonyl (C=O) groups is 1. The van der Waals surface area contributed by atoms with Crippen LogP contribution in [0.15, 0.2) is 0 Å². The van der Waals surface area contributed by atoms with Gasteiger partial charge >= 0.3 is 5.97 Å².